The van der Waals surface area contributed by atoms with E-state index in [1.54, 1.807) is 38.1 Å². The summed E-state index contributed by atoms with van der Waals surface area (Å²) in [6.45, 7) is 3.40. The molecule has 5 nitrogen and oxygen atoms in total. The maximum absolute atomic E-state index is 11.9. The fraction of sp³-hybridized carbons (Fsp3) is 0.364. The van der Waals surface area contributed by atoms with E-state index in [0.29, 0.717) is 11.4 Å². The summed E-state index contributed by atoms with van der Waals surface area (Å²) >= 11 is 0. The van der Waals surface area contributed by atoms with Crippen LogP contribution >= 0.6 is 0 Å². The fourth-order valence-electron chi connectivity index (χ4n) is 1.42. The first-order valence-electron chi connectivity index (χ1n) is 5.18. The highest BCUT2D eigenvalue weighted by Crippen LogP contribution is 2.24. The molecule has 1 aromatic rings. The Morgan fingerprint density at radius 3 is 2.65 bits per heavy atom. The van der Waals surface area contributed by atoms with Crippen molar-refractivity contribution < 1.29 is 8.42 Å². The Balaban J connectivity index is 3.12. The predicted molar refractivity (Wildman–Crippen MR) is 67.8 cm³/mol. The molecule has 0 heterocycles. The lowest BCUT2D eigenvalue weighted by atomic mass is 10.2. The largest absolute Gasteiger partial charge is 0.397 e. The Hall–Kier alpha value is -1.74. The van der Waals surface area contributed by atoms with Gasteiger partial charge in [-0.2, -0.15) is 5.26 Å². The topological polar surface area (TPSA) is 96.0 Å². The number of hydrogen-bond donors (Lipinski definition) is 2. The maximum Gasteiger partial charge on any atom is 0.249 e. The smallest absolute Gasteiger partial charge is 0.249 e. The zero-order valence-electron chi connectivity index (χ0n) is 9.77. The van der Waals surface area contributed by atoms with Gasteiger partial charge in [0.15, 0.2) is 5.25 Å². The number of benzene rings is 1. The quantitative estimate of drug-likeness (QED) is 0.797. The van der Waals surface area contributed by atoms with Crippen LogP contribution in [0.1, 0.15) is 18.9 Å². The molecule has 0 fully saturated rings. The van der Waals surface area contributed by atoms with Gasteiger partial charge in [0, 0.05) is 0 Å². The summed E-state index contributed by atoms with van der Waals surface area (Å²) in [4.78, 5) is 0. The van der Waals surface area contributed by atoms with Crippen LogP contribution in [0.4, 0.5) is 11.4 Å². The van der Waals surface area contributed by atoms with Crippen LogP contribution in [0.25, 0.3) is 0 Å². The van der Waals surface area contributed by atoms with E-state index in [1.165, 1.54) is 0 Å². The normalized spacial score (nSPS) is 12.8. The standard InChI is InChI=1S/C11H15N3O2S/c1-3-9(7-12)17(15,16)14-11-8(2)5-4-6-10(11)13/h4-6,9,14H,3,13H2,1-2H3. The van der Waals surface area contributed by atoms with Crippen LogP contribution in [-0.2, 0) is 10.0 Å². The summed E-state index contributed by atoms with van der Waals surface area (Å²) in [6.07, 6.45) is 0.234. The number of nitriles is 1. The summed E-state index contributed by atoms with van der Waals surface area (Å²) < 4.78 is 26.1. The highest BCUT2D eigenvalue weighted by molar-refractivity contribution is 7.93. The molecule has 0 aliphatic rings. The van der Waals surface area contributed by atoms with E-state index in [4.69, 9.17) is 11.0 Å². The summed E-state index contributed by atoms with van der Waals surface area (Å²) in [7, 11) is -3.71. The lowest BCUT2D eigenvalue weighted by molar-refractivity contribution is 0.593. The number of aryl methyl sites for hydroxylation is 1. The molecule has 6 heteroatoms. The Morgan fingerprint density at radius 2 is 2.18 bits per heavy atom. The van der Waals surface area contributed by atoms with Gasteiger partial charge in [0.1, 0.15) is 0 Å². The number of sulfonamides is 1. The Bertz CT molecular complexity index is 526. The van der Waals surface area contributed by atoms with Crippen molar-refractivity contribution in [2.75, 3.05) is 10.5 Å². The minimum Gasteiger partial charge on any atom is -0.397 e. The Morgan fingerprint density at radius 1 is 1.53 bits per heavy atom. The molecule has 0 aromatic heterocycles. The average molecular weight is 253 g/mol. The summed E-state index contributed by atoms with van der Waals surface area (Å²) in [5, 5.41) is 7.71. The number of nitrogens with two attached hydrogens (primary N) is 1. The average Bonchev–Trinajstić information content (AvgIpc) is 2.25. The maximum atomic E-state index is 11.9. The Kier molecular flexibility index (Phi) is 3.97. The lowest BCUT2D eigenvalue weighted by Gasteiger charge is -2.14. The van der Waals surface area contributed by atoms with Gasteiger partial charge in [-0.3, -0.25) is 4.72 Å². The monoisotopic (exact) mass is 253 g/mol. The third kappa shape index (κ3) is 2.88. The van der Waals surface area contributed by atoms with Gasteiger partial charge in [-0.1, -0.05) is 19.1 Å². The SMILES string of the molecule is CCC(C#N)S(=O)(=O)Nc1c(C)cccc1N. The van der Waals surface area contributed by atoms with E-state index in [-0.39, 0.29) is 6.42 Å². The van der Waals surface area contributed by atoms with E-state index in [0.717, 1.165) is 5.56 Å². The molecule has 0 amide bonds. The van der Waals surface area contributed by atoms with Crippen LogP contribution in [0.5, 0.6) is 0 Å². The minimum absolute atomic E-state index is 0.234. The second kappa shape index (κ2) is 5.06. The molecule has 0 saturated heterocycles. The van der Waals surface area contributed by atoms with Crippen LogP contribution in [0.3, 0.4) is 0 Å². The molecule has 0 aliphatic heterocycles. The second-order valence-corrected chi connectivity index (χ2v) is 5.58. The van der Waals surface area contributed by atoms with Crippen molar-refractivity contribution in [2.45, 2.75) is 25.5 Å². The van der Waals surface area contributed by atoms with Crippen molar-refractivity contribution in [2.24, 2.45) is 0 Å². The first kappa shape index (κ1) is 13.3. The third-order valence-electron chi connectivity index (χ3n) is 2.44. The van der Waals surface area contributed by atoms with Crippen molar-refractivity contribution in [1.29, 1.82) is 5.26 Å². The minimum atomic E-state index is -3.71. The molecule has 1 rings (SSSR count). The number of para-hydroxylation sites is 1. The zero-order chi connectivity index (χ0) is 13.1. The van der Waals surface area contributed by atoms with Gasteiger partial charge in [0.25, 0.3) is 0 Å². The van der Waals surface area contributed by atoms with Crippen LogP contribution in [0.15, 0.2) is 18.2 Å². The van der Waals surface area contributed by atoms with Gasteiger partial charge in [0.05, 0.1) is 17.4 Å². The molecule has 0 aliphatic carbocycles. The number of hydrogen-bond acceptors (Lipinski definition) is 4. The van der Waals surface area contributed by atoms with Crippen molar-refractivity contribution >= 4 is 21.4 Å². The zero-order valence-corrected chi connectivity index (χ0v) is 10.6. The van der Waals surface area contributed by atoms with Gasteiger partial charge in [0.2, 0.25) is 10.0 Å². The number of nitrogen functional groups attached to an aromatic ring is 1. The van der Waals surface area contributed by atoms with Crippen molar-refractivity contribution in [3.63, 3.8) is 0 Å². The van der Waals surface area contributed by atoms with Crippen molar-refractivity contribution in [1.82, 2.24) is 0 Å². The molecule has 0 saturated carbocycles. The van der Waals surface area contributed by atoms with E-state index in [1.807, 2.05) is 0 Å². The molecule has 1 atom stereocenters. The number of nitrogens with zero attached hydrogens (tertiary/aromatic N) is 1. The van der Waals surface area contributed by atoms with Crippen LogP contribution < -0.4 is 10.5 Å². The highest BCUT2D eigenvalue weighted by Gasteiger charge is 2.24. The fourth-order valence-corrected chi connectivity index (χ4v) is 2.71. The van der Waals surface area contributed by atoms with Gasteiger partial charge < -0.3 is 5.73 Å². The Labute approximate surface area is 101 Å². The summed E-state index contributed by atoms with van der Waals surface area (Å²) in [6, 6.07) is 6.86. The number of rotatable bonds is 4. The van der Waals surface area contributed by atoms with Crippen molar-refractivity contribution in [3.05, 3.63) is 23.8 Å². The molecule has 0 radical (unpaired) electrons. The van der Waals surface area contributed by atoms with E-state index >= 15 is 0 Å². The second-order valence-electron chi connectivity index (χ2n) is 3.71. The van der Waals surface area contributed by atoms with Crippen LogP contribution in [0.2, 0.25) is 0 Å². The molecule has 3 N–H and O–H groups in total. The molecule has 0 spiro atoms. The molecular weight excluding hydrogens is 238 g/mol. The van der Waals surface area contributed by atoms with Gasteiger partial charge in [-0.05, 0) is 25.0 Å². The lowest BCUT2D eigenvalue weighted by Crippen LogP contribution is -2.26. The van der Waals surface area contributed by atoms with Gasteiger partial charge in [-0.25, -0.2) is 8.42 Å². The molecule has 17 heavy (non-hydrogen) atoms. The van der Waals surface area contributed by atoms with Gasteiger partial charge >= 0.3 is 0 Å². The molecule has 0 bridgehead atoms. The van der Waals surface area contributed by atoms with E-state index < -0.39 is 15.3 Å². The number of nitrogens with one attached hydrogen (secondary N) is 1. The van der Waals surface area contributed by atoms with Gasteiger partial charge in [-0.15, -0.1) is 0 Å². The van der Waals surface area contributed by atoms with Crippen LogP contribution in [0, 0.1) is 18.3 Å². The van der Waals surface area contributed by atoms with E-state index in [9.17, 15) is 8.42 Å². The molecule has 1 unspecified atom stereocenters. The predicted octanol–water partition coefficient (Wildman–Crippen LogP) is 1.62. The molecular formula is C11H15N3O2S. The third-order valence-corrected chi connectivity index (χ3v) is 4.12. The first-order chi connectivity index (χ1) is 7.92. The molecule has 92 valence electrons. The molecule has 1 aromatic carbocycles. The van der Waals surface area contributed by atoms with Crippen LogP contribution in [-0.4, -0.2) is 13.7 Å². The first-order valence-corrected chi connectivity index (χ1v) is 6.73. The van der Waals surface area contributed by atoms with E-state index in [2.05, 4.69) is 4.72 Å². The summed E-state index contributed by atoms with van der Waals surface area (Å²) in [5.41, 5.74) is 7.12. The van der Waals surface area contributed by atoms with Crippen molar-refractivity contribution in [3.8, 4) is 6.07 Å². The highest BCUT2D eigenvalue weighted by atomic mass is 32.2. The summed E-state index contributed by atoms with van der Waals surface area (Å²) in [5.74, 6) is 0. The number of anilines is 2.